The number of hydrogen-bond donors (Lipinski definition) is 0. The first-order valence-corrected chi connectivity index (χ1v) is 4.63. The lowest BCUT2D eigenvalue weighted by Crippen LogP contribution is -2.56. The Bertz CT molecular complexity index is 334. The Morgan fingerprint density at radius 2 is 1.71 bits per heavy atom. The van der Waals surface area contributed by atoms with Crippen LogP contribution in [0.5, 0.6) is 0 Å². The molecule has 0 amide bonds. The van der Waals surface area contributed by atoms with Gasteiger partial charge < -0.3 is 0 Å². The molecule has 0 aliphatic heterocycles. The average Bonchev–Trinajstić information content (AvgIpc) is 2.16. The SMILES string of the molecule is FC1(Cl)CC(c2ccccc2)C1(F)F. The van der Waals surface area contributed by atoms with Crippen LogP contribution in [0, 0.1) is 0 Å². The molecule has 0 nitrogen and oxygen atoms in total. The van der Waals surface area contributed by atoms with Crippen molar-refractivity contribution in [3.63, 3.8) is 0 Å². The summed E-state index contributed by atoms with van der Waals surface area (Å²) in [7, 11) is 0. The highest BCUT2D eigenvalue weighted by Crippen LogP contribution is 2.61. The first-order valence-electron chi connectivity index (χ1n) is 4.26. The topological polar surface area (TPSA) is 0 Å². The molecule has 0 heterocycles. The highest BCUT2D eigenvalue weighted by Gasteiger charge is 2.69. The maximum atomic E-state index is 13.2. The summed E-state index contributed by atoms with van der Waals surface area (Å²) in [6.45, 7) is 0. The molecule has 1 aromatic rings. The molecule has 0 bridgehead atoms. The molecule has 1 aromatic carbocycles. The highest BCUT2D eigenvalue weighted by atomic mass is 35.5. The standard InChI is InChI=1S/C10H8ClF3/c11-9(12)6-8(10(9,13)14)7-4-2-1-3-5-7/h1-5,8H,6H2. The summed E-state index contributed by atoms with van der Waals surface area (Å²) in [5, 5.41) is -2.87. The third kappa shape index (κ3) is 1.22. The fourth-order valence-electron chi connectivity index (χ4n) is 1.66. The van der Waals surface area contributed by atoms with E-state index in [0.717, 1.165) is 0 Å². The molecular weight excluding hydrogens is 213 g/mol. The summed E-state index contributed by atoms with van der Waals surface area (Å²) in [5.74, 6) is -4.55. The molecule has 4 heteroatoms. The van der Waals surface area contributed by atoms with Gasteiger partial charge in [-0.25, -0.2) is 13.2 Å². The van der Waals surface area contributed by atoms with E-state index in [4.69, 9.17) is 11.6 Å². The highest BCUT2D eigenvalue weighted by molar-refractivity contribution is 6.24. The zero-order valence-electron chi connectivity index (χ0n) is 7.18. The number of hydrogen-bond acceptors (Lipinski definition) is 0. The Balaban J connectivity index is 2.26. The molecule has 2 rings (SSSR count). The van der Waals surface area contributed by atoms with Gasteiger partial charge in [-0.15, -0.1) is 0 Å². The zero-order valence-corrected chi connectivity index (χ0v) is 7.94. The van der Waals surface area contributed by atoms with Gasteiger partial charge in [0.25, 0.3) is 0 Å². The van der Waals surface area contributed by atoms with Crippen molar-refractivity contribution < 1.29 is 13.2 Å². The van der Waals surface area contributed by atoms with Crippen LogP contribution in [0.2, 0.25) is 0 Å². The van der Waals surface area contributed by atoms with Gasteiger partial charge in [-0.1, -0.05) is 41.9 Å². The summed E-state index contributed by atoms with van der Waals surface area (Å²) in [6, 6.07) is 8.15. The summed E-state index contributed by atoms with van der Waals surface area (Å²) < 4.78 is 39.3. The fraction of sp³-hybridized carbons (Fsp3) is 0.400. The molecule has 1 aliphatic rings. The maximum absolute atomic E-state index is 13.2. The van der Waals surface area contributed by atoms with Gasteiger partial charge in [0.05, 0.1) is 5.92 Å². The molecule has 0 N–H and O–H groups in total. The number of halogens is 4. The van der Waals surface area contributed by atoms with Gasteiger partial charge in [0.2, 0.25) is 5.13 Å². The second-order valence-corrected chi connectivity index (χ2v) is 4.09. The van der Waals surface area contributed by atoms with Crippen LogP contribution in [0.4, 0.5) is 13.2 Å². The maximum Gasteiger partial charge on any atom is 0.302 e. The number of rotatable bonds is 1. The van der Waals surface area contributed by atoms with Crippen LogP contribution in [-0.2, 0) is 0 Å². The van der Waals surface area contributed by atoms with E-state index < -0.39 is 17.0 Å². The van der Waals surface area contributed by atoms with Gasteiger partial charge in [-0.05, 0) is 5.56 Å². The minimum atomic E-state index is -3.46. The Kier molecular flexibility index (Phi) is 2.03. The molecule has 1 aliphatic carbocycles. The summed E-state index contributed by atoms with van der Waals surface area (Å²) in [5.41, 5.74) is 0.437. The predicted molar refractivity (Wildman–Crippen MR) is 48.4 cm³/mol. The molecule has 0 spiro atoms. The molecule has 1 saturated carbocycles. The molecule has 14 heavy (non-hydrogen) atoms. The van der Waals surface area contributed by atoms with Gasteiger partial charge in [0, 0.05) is 6.42 Å². The van der Waals surface area contributed by atoms with Crippen LogP contribution in [0.25, 0.3) is 0 Å². The van der Waals surface area contributed by atoms with Gasteiger partial charge in [0.1, 0.15) is 0 Å². The van der Waals surface area contributed by atoms with Crippen molar-refractivity contribution in [2.75, 3.05) is 0 Å². The first kappa shape index (κ1) is 9.84. The molecule has 2 unspecified atom stereocenters. The van der Waals surface area contributed by atoms with Crippen molar-refractivity contribution in [2.45, 2.75) is 23.4 Å². The molecule has 2 atom stereocenters. The average molecular weight is 221 g/mol. The van der Waals surface area contributed by atoms with Gasteiger partial charge >= 0.3 is 5.92 Å². The molecular formula is C10H8ClF3. The van der Waals surface area contributed by atoms with E-state index >= 15 is 0 Å². The van der Waals surface area contributed by atoms with E-state index in [2.05, 4.69) is 0 Å². The van der Waals surface area contributed by atoms with E-state index in [-0.39, 0.29) is 6.42 Å². The smallest absolute Gasteiger partial charge is 0.219 e. The Labute approximate surface area is 84.7 Å². The van der Waals surface area contributed by atoms with E-state index in [1.54, 1.807) is 30.3 Å². The van der Waals surface area contributed by atoms with Crippen LogP contribution in [-0.4, -0.2) is 11.1 Å². The Hall–Kier alpha value is -0.700. The quantitative estimate of drug-likeness (QED) is 0.633. The van der Waals surface area contributed by atoms with Crippen molar-refractivity contribution in [1.82, 2.24) is 0 Å². The lowest BCUT2D eigenvalue weighted by Gasteiger charge is -2.45. The van der Waals surface area contributed by atoms with Gasteiger partial charge in [0.15, 0.2) is 0 Å². The Morgan fingerprint density at radius 3 is 2.14 bits per heavy atom. The van der Waals surface area contributed by atoms with E-state index in [1.807, 2.05) is 0 Å². The minimum Gasteiger partial charge on any atom is -0.219 e. The summed E-state index contributed by atoms with van der Waals surface area (Å²) >= 11 is 5.02. The second-order valence-electron chi connectivity index (χ2n) is 3.49. The van der Waals surface area contributed by atoms with Gasteiger partial charge in [-0.3, -0.25) is 0 Å². The van der Waals surface area contributed by atoms with Crippen LogP contribution < -0.4 is 0 Å². The first-order chi connectivity index (χ1) is 6.45. The molecule has 1 fully saturated rings. The molecule has 0 radical (unpaired) electrons. The molecule has 0 saturated heterocycles. The van der Waals surface area contributed by atoms with Crippen molar-refractivity contribution in [1.29, 1.82) is 0 Å². The van der Waals surface area contributed by atoms with Gasteiger partial charge in [-0.2, -0.15) is 0 Å². The summed E-state index contributed by atoms with van der Waals surface area (Å²) in [4.78, 5) is 0. The van der Waals surface area contributed by atoms with E-state index in [9.17, 15) is 13.2 Å². The third-order valence-electron chi connectivity index (χ3n) is 2.59. The number of benzene rings is 1. The normalized spacial score (nSPS) is 35.0. The minimum absolute atomic E-state index is 0.328. The van der Waals surface area contributed by atoms with Crippen molar-refractivity contribution in [2.24, 2.45) is 0 Å². The largest absolute Gasteiger partial charge is 0.302 e. The van der Waals surface area contributed by atoms with Crippen molar-refractivity contribution >= 4 is 11.6 Å². The summed E-state index contributed by atoms with van der Waals surface area (Å²) in [6.07, 6.45) is -0.328. The van der Waals surface area contributed by atoms with Crippen molar-refractivity contribution in [3.05, 3.63) is 35.9 Å². The van der Waals surface area contributed by atoms with E-state index in [1.165, 1.54) is 0 Å². The molecule has 0 aromatic heterocycles. The fourth-order valence-corrected chi connectivity index (χ4v) is 1.94. The van der Waals surface area contributed by atoms with Crippen LogP contribution in [0.15, 0.2) is 30.3 Å². The van der Waals surface area contributed by atoms with Crippen LogP contribution in [0.3, 0.4) is 0 Å². The number of alkyl halides is 4. The third-order valence-corrected chi connectivity index (χ3v) is 2.99. The predicted octanol–water partition coefficient (Wildman–Crippen LogP) is 3.71. The van der Waals surface area contributed by atoms with E-state index in [0.29, 0.717) is 5.56 Å². The zero-order chi connectivity index (χ0) is 10.4. The lowest BCUT2D eigenvalue weighted by molar-refractivity contribution is -0.186. The Morgan fingerprint density at radius 1 is 1.14 bits per heavy atom. The second kappa shape index (κ2) is 2.89. The monoisotopic (exact) mass is 220 g/mol. The van der Waals surface area contributed by atoms with Crippen molar-refractivity contribution in [3.8, 4) is 0 Å². The molecule has 76 valence electrons. The van der Waals surface area contributed by atoms with Crippen LogP contribution in [0.1, 0.15) is 17.9 Å². The lowest BCUT2D eigenvalue weighted by atomic mass is 9.74. The van der Waals surface area contributed by atoms with Crippen LogP contribution >= 0.6 is 11.6 Å².